The van der Waals surface area contributed by atoms with E-state index in [0.29, 0.717) is 24.0 Å². The number of hydrogen-bond donors (Lipinski definition) is 1. The molecule has 104 valence electrons. The lowest BCUT2D eigenvalue weighted by Gasteiger charge is -2.10. The largest absolute Gasteiger partial charge is 0.488 e. The molecule has 2 heterocycles. The van der Waals surface area contributed by atoms with Gasteiger partial charge in [0.15, 0.2) is 5.82 Å². The number of rotatable bonds is 4. The molecule has 0 radical (unpaired) electrons. The summed E-state index contributed by atoms with van der Waals surface area (Å²) >= 11 is 0. The summed E-state index contributed by atoms with van der Waals surface area (Å²) in [6.45, 7) is 0.472. The summed E-state index contributed by atoms with van der Waals surface area (Å²) < 4.78 is 5.86. The number of nitrogen functional groups attached to an aromatic ring is 1. The number of nitrogens with two attached hydrogens (primary N) is 1. The van der Waals surface area contributed by atoms with Crippen molar-refractivity contribution in [3.8, 4) is 17.1 Å². The molecular formula is C16H14N4O. The van der Waals surface area contributed by atoms with Crippen LogP contribution in [0.3, 0.4) is 0 Å². The van der Waals surface area contributed by atoms with E-state index < -0.39 is 0 Å². The molecule has 0 unspecified atom stereocenters. The van der Waals surface area contributed by atoms with Crippen molar-refractivity contribution in [2.45, 2.75) is 6.61 Å². The van der Waals surface area contributed by atoms with Gasteiger partial charge in [-0.1, -0.05) is 30.3 Å². The van der Waals surface area contributed by atoms with Crippen LogP contribution in [0.5, 0.6) is 5.75 Å². The van der Waals surface area contributed by atoms with Crippen LogP contribution in [-0.2, 0) is 6.61 Å². The summed E-state index contributed by atoms with van der Waals surface area (Å²) in [5.41, 5.74) is 7.51. The van der Waals surface area contributed by atoms with Gasteiger partial charge in [0.25, 0.3) is 0 Å². The average Bonchev–Trinajstić information content (AvgIpc) is 2.54. The summed E-state index contributed by atoms with van der Waals surface area (Å²) in [5, 5.41) is 0. The minimum Gasteiger partial charge on any atom is -0.488 e. The second-order valence-electron chi connectivity index (χ2n) is 4.45. The number of aromatic nitrogens is 3. The molecule has 0 saturated carbocycles. The standard InChI is InChI=1S/C16H14N4O/c17-15-7-9-19-16(20-15)13-10-18-8-6-14(13)21-11-12-4-2-1-3-5-12/h1-10H,11H2,(H2,17,19,20). The van der Waals surface area contributed by atoms with Crippen LogP contribution in [0.2, 0.25) is 0 Å². The highest BCUT2D eigenvalue weighted by atomic mass is 16.5. The van der Waals surface area contributed by atoms with Gasteiger partial charge in [0, 0.05) is 18.6 Å². The maximum Gasteiger partial charge on any atom is 0.166 e. The number of hydrogen-bond acceptors (Lipinski definition) is 5. The molecule has 2 aromatic heterocycles. The normalized spacial score (nSPS) is 10.3. The van der Waals surface area contributed by atoms with E-state index >= 15 is 0 Å². The zero-order valence-corrected chi connectivity index (χ0v) is 11.3. The fraction of sp³-hybridized carbons (Fsp3) is 0.0625. The third-order valence-corrected chi connectivity index (χ3v) is 2.94. The molecule has 0 aliphatic carbocycles. The van der Waals surface area contributed by atoms with Gasteiger partial charge < -0.3 is 10.5 Å². The topological polar surface area (TPSA) is 73.9 Å². The van der Waals surface area contributed by atoms with E-state index in [-0.39, 0.29) is 0 Å². The average molecular weight is 278 g/mol. The van der Waals surface area contributed by atoms with Crippen molar-refractivity contribution in [1.82, 2.24) is 15.0 Å². The van der Waals surface area contributed by atoms with Gasteiger partial charge in [0.2, 0.25) is 0 Å². The number of pyridine rings is 1. The Morgan fingerprint density at radius 1 is 1.00 bits per heavy atom. The Kier molecular flexibility index (Phi) is 3.73. The first-order valence-electron chi connectivity index (χ1n) is 6.52. The highest BCUT2D eigenvalue weighted by Crippen LogP contribution is 2.27. The van der Waals surface area contributed by atoms with E-state index in [1.54, 1.807) is 30.7 Å². The highest BCUT2D eigenvalue weighted by molar-refractivity contribution is 5.63. The van der Waals surface area contributed by atoms with E-state index in [4.69, 9.17) is 10.5 Å². The van der Waals surface area contributed by atoms with Crippen LogP contribution in [0.15, 0.2) is 61.1 Å². The van der Waals surface area contributed by atoms with Crippen LogP contribution >= 0.6 is 0 Å². The van der Waals surface area contributed by atoms with Gasteiger partial charge in [-0.05, 0) is 17.7 Å². The number of nitrogens with zero attached hydrogens (tertiary/aromatic N) is 3. The lowest BCUT2D eigenvalue weighted by atomic mass is 10.2. The molecule has 0 amide bonds. The SMILES string of the molecule is Nc1ccnc(-c2cnccc2OCc2ccccc2)n1. The van der Waals surface area contributed by atoms with E-state index in [0.717, 1.165) is 11.1 Å². The van der Waals surface area contributed by atoms with Gasteiger partial charge in [0.1, 0.15) is 18.2 Å². The van der Waals surface area contributed by atoms with Crippen LogP contribution < -0.4 is 10.5 Å². The van der Waals surface area contributed by atoms with Crippen LogP contribution in [-0.4, -0.2) is 15.0 Å². The minimum atomic E-state index is 0.415. The Morgan fingerprint density at radius 3 is 2.67 bits per heavy atom. The van der Waals surface area contributed by atoms with Crippen molar-refractivity contribution in [2.24, 2.45) is 0 Å². The van der Waals surface area contributed by atoms with Crippen molar-refractivity contribution < 1.29 is 4.74 Å². The molecule has 5 heteroatoms. The van der Waals surface area contributed by atoms with Gasteiger partial charge >= 0.3 is 0 Å². The summed E-state index contributed by atoms with van der Waals surface area (Å²) in [6.07, 6.45) is 4.97. The fourth-order valence-corrected chi connectivity index (χ4v) is 1.91. The molecule has 0 aliphatic rings. The lowest BCUT2D eigenvalue weighted by molar-refractivity contribution is 0.307. The molecule has 2 N–H and O–H groups in total. The van der Waals surface area contributed by atoms with Crippen LogP contribution in [0, 0.1) is 0 Å². The summed E-state index contributed by atoms with van der Waals surface area (Å²) in [7, 11) is 0. The molecule has 1 aromatic carbocycles. The monoisotopic (exact) mass is 278 g/mol. The lowest BCUT2D eigenvalue weighted by Crippen LogP contribution is -2.00. The Hall–Kier alpha value is -2.95. The predicted octanol–water partition coefficient (Wildman–Crippen LogP) is 2.70. The summed E-state index contributed by atoms with van der Waals surface area (Å²) in [6, 6.07) is 13.4. The highest BCUT2D eigenvalue weighted by Gasteiger charge is 2.09. The van der Waals surface area contributed by atoms with E-state index in [1.165, 1.54) is 0 Å². The van der Waals surface area contributed by atoms with E-state index in [2.05, 4.69) is 15.0 Å². The third kappa shape index (κ3) is 3.14. The second kappa shape index (κ2) is 6.00. The van der Waals surface area contributed by atoms with Gasteiger partial charge in [-0.15, -0.1) is 0 Å². The zero-order chi connectivity index (χ0) is 14.5. The number of benzene rings is 1. The summed E-state index contributed by atoms with van der Waals surface area (Å²) in [4.78, 5) is 12.5. The number of anilines is 1. The predicted molar refractivity (Wildman–Crippen MR) is 80.4 cm³/mol. The first-order chi connectivity index (χ1) is 10.3. The first kappa shape index (κ1) is 13.1. The van der Waals surface area contributed by atoms with Crippen molar-refractivity contribution in [3.63, 3.8) is 0 Å². The van der Waals surface area contributed by atoms with E-state index in [9.17, 15) is 0 Å². The van der Waals surface area contributed by atoms with Crippen LogP contribution in [0.4, 0.5) is 5.82 Å². The minimum absolute atomic E-state index is 0.415. The number of ether oxygens (including phenoxy) is 1. The Labute approximate surface area is 122 Å². The molecule has 0 aliphatic heterocycles. The van der Waals surface area contributed by atoms with Crippen LogP contribution in [0.25, 0.3) is 11.4 Å². The molecule has 3 rings (SSSR count). The van der Waals surface area contributed by atoms with Crippen LogP contribution in [0.1, 0.15) is 5.56 Å². The Balaban J connectivity index is 1.86. The fourth-order valence-electron chi connectivity index (χ4n) is 1.91. The molecule has 21 heavy (non-hydrogen) atoms. The van der Waals surface area contributed by atoms with Crippen molar-refractivity contribution in [2.75, 3.05) is 5.73 Å². The summed E-state index contributed by atoms with van der Waals surface area (Å²) in [5.74, 6) is 1.60. The van der Waals surface area contributed by atoms with Gasteiger partial charge in [-0.2, -0.15) is 0 Å². The molecule has 5 nitrogen and oxygen atoms in total. The van der Waals surface area contributed by atoms with Gasteiger partial charge in [-0.3, -0.25) is 4.98 Å². The Morgan fingerprint density at radius 2 is 1.86 bits per heavy atom. The molecule has 0 fully saturated rings. The molecule has 0 bridgehead atoms. The van der Waals surface area contributed by atoms with Gasteiger partial charge in [-0.25, -0.2) is 9.97 Å². The van der Waals surface area contributed by atoms with Crippen molar-refractivity contribution >= 4 is 5.82 Å². The Bertz CT molecular complexity index is 731. The zero-order valence-electron chi connectivity index (χ0n) is 11.3. The quantitative estimate of drug-likeness (QED) is 0.794. The second-order valence-corrected chi connectivity index (χ2v) is 4.45. The van der Waals surface area contributed by atoms with Gasteiger partial charge in [0.05, 0.1) is 5.56 Å². The van der Waals surface area contributed by atoms with Crippen molar-refractivity contribution in [3.05, 3.63) is 66.6 Å². The first-order valence-corrected chi connectivity index (χ1v) is 6.52. The molecule has 0 saturated heterocycles. The third-order valence-electron chi connectivity index (χ3n) is 2.94. The molecule has 0 atom stereocenters. The van der Waals surface area contributed by atoms with E-state index in [1.807, 2.05) is 30.3 Å². The molecular weight excluding hydrogens is 264 g/mol. The van der Waals surface area contributed by atoms with Crippen molar-refractivity contribution in [1.29, 1.82) is 0 Å². The molecule has 3 aromatic rings. The smallest absolute Gasteiger partial charge is 0.166 e. The maximum absolute atomic E-state index is 5.86. The maximum atomic E-state index is 5.86. The molecule has 0 spiro atoms.